The number of imide groups is 1. The number of halogens is 1. The first-order chi connectivity index (χ1) is 12.6. The number of hydrogen-bond donors (Lipinski definition) is 3. The summed E-state index contributed by atoms with van der Waals surface area (Å²) in [5.74, 6) is -0.727. The number of benzene rings is 2. The number of aromatic nitrogens is 2. The van der Waals surface area contributed by atoms with Crippen LogP contribution in [0.4, 0.5) is 14.9 Å². The molecule has 3 rings (SSSR count). The van der Waals surface area contributed by atoms with Crippen molar-refractivity contribution in [1.29, 1.82) is 0 Å². The second kappa shape index (κ2) is 8.30. The van der Waals surface area contributed by atoms with Gasteiger partial charge in [-0.1, -0.05) is 30.0 Å². The van der Waals surface area contributed by atoms with Gasteiger partial charge in [-0.2, -0.15) is 0 Å². The van der Waals surface area contributed by atoms with E-state index < -0.39 is 11.9 Å². The molecule has 132 valence electrons. The monoisotopic (exact) mass is 370 g/mol. The fourth-order valence-corrected chi connectivity index (χ4v) is 2.78. The van der Waals surface area contributed by atoms with Gasteiger partial charge in [-0.05, 0) is 42.0 Å². The van der Waals surface area contributed by atoms with Crippen molar-refractivity contribution in [2.75, 3.05) is 11.1 Å². The molecule has 0 aliphatic heterocycles. The van der Waals surface area contributed by atoms with Gasteiger partial charge in [0.25, 0.3) is 0 Å². The van der Waals surface area contributed by atoms with Crippen molar-refractivity contribution in [3.63, 3.8) is 0 Å². The Labute approximate surface area is 153 Å². The van der Waals surface area contributed by atoms with Crippen LogP contribution in [0, 0.1) is 5.82 Å². The van der Waals surface area contributed by atoms with Crippen LogP contribution in [0.3, 0.4) is 0 Å². The summed E-state index contributed by atoms with van der Waals surface area (Å²) in [5, 5.41) is 5.35. The van der Waals surface area contributed by atoms with Crippen LogP contribution in [-0.4, -0.2) is 27.7 Å². The van der Waals surface area contributed by atoms with E-state index in [0.717, 1.165) is 23.0 Å². The summed E-state index contributed by atoms with van der Waals surface area (Å²) in [7, 11) is 0. The van der Waals surface area contributed by atoms with Crippen LogP contribution in [0.1, 0.15) is 0 Å². The highest BCUT2D eigenvalue weighted by atomic mass is 32.2. The molecular formula is C18H15FN4O2S. The molecule has 3 amide bonds. The third-order valence-electron chi connectivity index (χ3n) is 3.33. The molecule has 0 radical (unpaired) electrons. The standard InChI is InChI=1S/C18H15FN4O2S/c19-13-8-6-12(7-9-13)15-10-20-18(22-15)26-11-16(24)23-17(25)21-14-4-2-1-3-5-14/h1-10H,11H2,(H,20,22)(H2,21,23,24,25). The van der Waals surface area contributed by atoms with Gasteiger partial charge in [0.05, 0.1) is 17.6 Å². The molecular weight excluding hydrogens is 355 g/mol. The lowest BCUT2D eigenvalue weighted by atomic mass is 10.2. The van der Waals surface area contributed by atoms with Crippen molar-refractivity contribution >= 4 is 29.4 Å². The molecule has 2 aromatic carbocycles. The number of amides is 3. The highest BCUT2D eigenvalue weighted by Gasteiger charge is 2.10. The maximum absolute atomic E-state index is 13.0. The van der Waals surface area contributed by atoms with Crippen molar-refractivity contribution in [3.05, 3.63) is 66.6 Å². The smallest absolute Gasteiger partial charge is 0.325 e. The lowest BCUT2D eigenvalue weighted by Crippen LogP contribution is -2.35. The zero-order valence-corrected chi connectivity index (χ0v) is 14.3. The number of nitrogens with one attached hydrogen (secondary N) is 3. The van der Waals surface area contributed by atoms with Crippen LogP contribution in [0.5, 0.6) is 0 Å². The number of carbonyl (C=O) groups excluding carboxylic acids is 2. The first-order valence-corrected chi connectivity index (χ1v) is 8.68. The Morgan fingerprint density at radius 3 is 2.54 bits per heavy atom. The molecule has 0 aliphatic carbocycles. The third kappa shape index (κ3) is 4.93. The topological polar surface area (TPSA) is 86.9 Å². The predicted octanol–water partition coefficient (Wildman–Crippen LogP) is 3.66. The molecule has 26 heavy (non-hydrogen) atoms. The highest BCUT2D eigenvalue weighted by molar-refractivity contribution is 7.99. The quantitative estimate of drug-likeness (QED) is 0.598. The normalized spacial score (nSPS) is 10.3. The number of thioether (sulfide) groups is 1. The summed E-state index contributed by atoms with van der Waals surface area (Å²) in [4.78, 5) is 30.8. The van der Waals surface area contributed by atoms with Crippen molar-refractivity contribution in [1.82, 2.24) is 15.3 Å². The number of aromatic amines is 1. The van der Waals surface area contributed by atoms with E-state index in [4.69, 9.17) is 0 Å². The molecule has 0 bridgehead atoms. The van der Waals surface area contributed by atoms with Crippen LogP contribution in [0.2, 0.25) is 0 Å². The molecule has 3 aromatic rings. The van der Waals surface area contributed by atoms with Crippen LogP contribution in [-0.2, 0) is 4.79 Å². The number of urea groups is 1. The van der Waals surface area contributed by atoms with Crippen molar-refractivity contribution in [3.8, 4) is 11.3 Å². The zero-order chi connectivity index (χ0) is 18.4. The average Bonchev–Trinajstić information content (AvgIpc) is 3.10. The summed E-state index contributed by atoms with van der Waals surface area (Å²) < 4.78 is 13.0. The Morgan fingerprint density at radius 1 is 1.08 bits per heavy atom. The van der Waals surface area contributed by atoms with Gasteiger partial charge in [0.1, 0.15) is 5.82 Å². The van der Waals surface area contributed by atoms with E-state index in [-0.39, 0.29) is 11.6 Å². The number of nitrogens with zero attached hydrogens (tertiary/aromatic N) is 1. The van der Waals surface area contributed by atoms with Crippen molar-refractivity contribution in [2.24, 2.45) is 0 Å². The lowest BCUT2D eigenvalue weighted by molar-refractivity contribution is -0.117. The summed E-state index contributed by atoms with van der Waals surface area (Å²) in [6.45, 7) is 0. The van der Waals surface area contributed by atoms with Gasteiger partial charge in [-0.3, -0.25) is 10.1 Å². The molecule has 0 spiro atoms. The molecule has 8 heteroatoms. The summed E-state index contributed by atoms with van der Waals surface area (Å²) in [5.41, 5.74) is 2.10. The largest absolute Gasteiger partial charge is 0.333 e. The Balaban J connectivity index is 1.49. The summed E-state index contributed by atoms with van der Waals surface area (Å²) >= 11 is 1.16. The van der Waals surface area contributed by atoms with E-state index in [1.165, 1.54) is 12.1 Å². The first-order valence-electron chi connectivity index (χ1n) is 7.70. The average molecular weight is 370 g/mol. The molecule has 0 unspecified atom stereocenters. The molecule has 0 saturated carbocycles. The number of H-pyrrole nitrogens is 1. The number of rotatable bonds is 5. The number of hydrogen-bond acceptors (Lipinski definition) is 4. The van der Waals surface area contributed by atoms with E-state index in [2.05, 4.69) is 20.6 Å². The SMILES string of the molecule is O=C(CSc1ncc(-c2ccc(F)cc2)[nH]1)NC(=O)Nc1ccccc1. The summed E-state index contributed by atoms with van der Waals surface area (Å²) in [6, 6.07) is 14.2. The molecule has 0 atom stereocenters. The van der Waals surface area contributed by atoms with Gasteiger partial charge < -0.3 is 10.3 Å². The van der Waals surface area contributed by atoms with Crippen LogP contribution >= 0.6 is 11.8 Å². The van der Waals surface area contributed by atoms with E-state index in [0.29, 0.717) is 10.8 Å². The van der Waals surface area contributed by atoms with Crippen LogP contribution < -0.4 is 10.6 Å². The summed E-state index contributed by atoms with van der Waals surface area (Å²) in [6.07, 6.45) is 1.61. The molecule has 1 heterocycles. The van der Waals surface area contributed by atoms with E-state index in [9.17, 15) is 14.0 Å². The molecule has 1 aromatic heterocycles. The van der Waals surface area contributed by atoms with Gasteiger partial charge in [0.2, 0.25) is 5.91 Å². The predicted molar refractivity (Wildman–Crippen MR) is 98.3 cm³/mol. The second-order valence-corrected chi connectivity index (χ2v) is 6.23. The minimum atomic E-state index is -0.590. The van der Waals surface area contributed by atoms with Gasteiger partial charge in [-0.15, -0.1) is 0 Å². The van der Waals surface area contributed by atoms with Gasteiger partial charge in [-0.25, -0.2) is 14.2 Å². The molecule has 0 fully saturated rings. The van der Waals surface area contributed by atoms with Crippen molar-refractivity contribution < 1.29 is 14.0 Å². The fourth-order valence-electron chi connectivity index (χ4n) is 2.13. The number of carbonyl (C=O) groups is 2. The fraction of sp³-hybridized carbons (Fsp3) is 0.0556. The maximum atomic E-state index is 13.0. The number of anilines is 1. The number of para-hydroxylation sites is 1. The van der Waals surface area contributed by atoms with Crippen LogP contribution in [0.15, 0.2) is 66.0 Å². The minimum absolute atomic E-state index is 0.0264. The van der Waals surface area contributed by atoms with Gasteiger partial charge >= 0.3 is 6.03 Å². The van der Waals surface area contributed by atoms with Crippen molar-refractivity contribution in [2.45, 2.75) is 5.16 Å². The van der Waals surface area contributed by atoms with E-state index in [1.807, 2.05) is 6.07 Å². The third-order valence-corrected chi connectivity index (χ3v) is 4.22. The van der Waals surface area contributed by atoms with E-state index in [1.54, 1.807) is 42.6 Å². The second-order valence-electron chi connectivity index (χ2n) is 5.27. The zero-order valence-electron chi connectivity index (χ0n) is 13.5. The molecule has 0 saturated heterocycles. The molecule has 0 aliphatic rings. The molecule has 6 nitrogen and oxygen atoms in total. The minimum Gasteiger partial charge on any atom is -0.333 e. The van der Waals surface area contributed by atoms with E-state index >= 15 is 0 Å². The highest BCUT2D eigenvalue weighted by Crippen LogP contribution is 2.21. The Hall–Kier alpha value is -3.13. The number of imidazole rings is 1. The molecule has 3 N–H and O–H groups in total. The maximum Gasteiger partial charge on any atom is 0.325 e. The first kappa shape index (κ1) is 17.7. The van der Waals surface area contributed by atoms with Crippen LogP contribution in [0.25, 0.3) is 11.3 Å². The lowest BCUT2D eigenvalue weighted by Gasteiger charge is -2.05. The Bertz CT molecular complexity index is 897. The Kier molecular flexibility index (Phi) is 5.65. The van der Waals surface area contributed by atoms with Gasteiger partial charge in [0.15, 0.2) is 5.16 Å². The van der Waals surface area contributed by atoms with Gasteiger partial charge in [0, 0.05) is 5.69 Å². The Morgan fingerprint density at radius 2 is 1.81 bits per heavy atom.